The molecule has 0 atom stereocenters. The Balaban J connectivity index is 1.69. The number of halogens is 1. The number of carbonyl (C=O) groups is 2. The first-order valence-electron chi connectivity index (χ1n) is 11.7. The van der Waals surface area contributed by atoms with E-state index in [1.165, 1.54) is 6.07 Å². The number of amides is 1. The number of nitrogens with one attached hydrogen (secondary N) is 1. The summed E-state index contributed by atoms with van der Waals surface area (Å²) >= 11 is 0. The molecule has 0 unspecified atom stereocenters. The van der Waals surface area contributed by atoms with Crippen LogP contribution in [0.25, 0.3) is 11.1 Å². The minimum absolute atomic E-state index is 0.106. The molecule has 2 aliphatic heterocycles. The van der Waals surface area contributed by atoms with Gasteiger partial charge in [-0.3, -0.25) is 9.59 Å². The van der Waals surface area contributed by atoms with E-state index >= 15 is 4.39 Å². The number of hydrogen-bond acceptors (Lipinski definition) is 4. The third-order valence-electron chi connectivity index (χ3n) is 7.07. The van der Waals surface area contributed by atoms with Crippen LogP contribution in [-0.2, 0) is 24.3 Å². The largest absolute Gasteiger partial charge is 0.486 e. The van der Waals surface area contributed by atoms with E-state index in [0.29, 0.717) is 59.7 Å². The van der Waals surface area contributed by atoms with Crippen LogP contribution in [0, 0.1) is 26.6 Å². The highest BCUT2D eigenvalue weighted by molar-refractivity contribution is 6.02. The lowest BCUT2D eigenvalue weighted by atomic mass is 9.82. The molecule has 5 rings (SSSR count). The van der Waals surface area contributed by atoms with Crippen molar-refractivity contribution < 1.29 is 23.8 Å². The standard InChI is InChI=1S/C28H27FN2O4/c1-15-20(12-23(32)33)24(19-11-22(29)27-26(17(19)3)30-9-10-35-27)16(2)21-14-31(28(34)25(15)21)13-18-7-5-4-6-8-18/h4-8,11,30H,9-10,12-14H2,1-3H3,(H,32,33). The summed E-state index contributed by atoms with van der Waals surface area (Å²) < 4.78 is 20.7. The van der Waals surface area contributed by atoms with Gasteiger partial charge in [0.05, 0.1) is 12.1 Å². The zero-order chi connectivity index (χ0) is 24.9. The van der Waals surface area contributed by atoms with Crippen LogP contribution in [-0.4, -0.2) is 35.0 Å². The third-order valence-corrected chi connectivity index (χ3v) is 7.07. The molecule has 180 valence electrons. The number of carbonyl (C=O) groups excluding carboxylic acids is 1. The van der Waals surface area contributed by atoms with Crippen LogP contribution in [0.15, 0.2) is 36.4 Å². The van der Waals surface area contributed by atoms with Crippen molar-refractivity contribution in [2.24, 2.45) is 0 Å². The van der Waals surface area contributed by atoms with Crippen molar-refractivity contribution >= 4 is 17.6 Å². The average Bonchev–Trinajstić information content (AvgIpc) is 3.17. The molecule has 7 heteroatoms. The first-order chi connectivity index (χ1) is 16.8. The number of aliphatic carboxylic acids is 1. The van der Waals surface area contributed by atoms with Crippen molar-refractivity contribution in [2.75, 3.05) is 18.5 Å². The number of benzene rings is 3. The summed E-state index contributed by atoms with van der Waals surface area (Å²) in [5, 5.41) is 13.0. The van der Waals surface area contributed by atoms with Gasteiger partial charge in [0.2, 0.25) is 0 Å². The topological polar surface area (TPSA) is 78.9 Å². The van der Waals surface area contributed by atoms with Crippen LogP contribution < -0.4 is 10.1 Å². The first kappa shape index (κ1) is 22.9. The Morgan fingerprint density at radius 2 is 1.86 bits per heavy atom. The Morgan fingerprint density at radius 1 is 1.11 bits per heavy atom. The SMILES string of the molecule is Cc1c(-c2c(C)c3c(c(C)c2CC(=O)O)C(=O)N(Cc2ccccc2)C3)cc(F)c2c1NCCO2. The van der Waals surface area contributed by atoms with E-state index < -0.39 is 11.8 Å². The van der Waals surface area contributed by atoms with E-state index in [-0.39, 0.29) is 18.1 Å². The molecule has 2 N–H and O–H groups in total. The smallest absolute Gasteiger partial charge is 0.307 e. The summed E-state index contributed by atoms with van der Waals surface area (Å²) in [4.78, 5) is 27.1. The molecule has 2 heterocycles. The van der Waals surface area contributed by atoms with Gasteiger partial charge in [-0.25, -0.2) is 4.39 Å². The van der Waals surface area contributed by atoms with Gasteiger partial charge in [-0.1, -0.05) is 30.3 Å². The molecule has 0 bridgehead atoms. The van der Waals surface area contributed by atoms with E-state index in [1.54, 1.807) is 11.8 Å². The second-order valence-electron chi connectivity index (χ2n) is 9.18. The van der Waals surface area contributed by atoms with Crippen LogP contribution in [0.2, 0.25) is 0 Å². The molecule has 0 aliphatic carbocycles. The van der Waals surface area contributed by atoms with Gasteiger partial charge < -0.3 is 20.1 Å². The summed E-state index contributed by atoms with van der Waals surface area (Å²) in [6.07, 6.45) is -0.261. The van der Waals surface area contributed by atoms with Gasteiger partial charge in [0.25, 0.3) is 5.91 Å². The van der Waals surface area contributed by atoms with Crippen LogP contribution in [0.1, 0.15) is 43.7 Å². The fourth-order valence-corrected chi connectivity index (χ4v) is 5.37. The monoisotopic (exact) mass is 474 g/mol. The van der Waals surface area contributed by atoms with Gasteiger partial charge in [-0.05, 0) is 71.3 Å². The molecule has 0 fully saturated rings. The molecular formula is C28H27FN2O4. The minimum atomic E-state index is -1.00. The van der Waals surface area contributed by atoms with Gasteiger partial charge in [-0.2, -0.15) is 0 Å². The number of ether oxygens (including phenoxy) is 1. The molecule has 1 amide bonds. The quantitative estimate of drug-likeness (QED) is 0.544. The van der Waals surface area contributed by atoms with Gasteiger partial charge in [0.15, 0.2) is 11.6 Å². The fourth-order valence-electron chi connectivity index (χ4n) is 5.37. The number of carboxylic acid groups (broad SMARTS) is 1. The van der Waals surface area contributed by atoms with Crippen LogP contribution in [0.4, 0.5) is 10.1 Å². The van der Waals surface area contributed by atoms with E-state index in [9.17, 15) is 14.7 Å². The molecular weight excluding hydrogens is 447 g/mol. The fraction of sp³-hybridized carbons (Fsp3) is 0.286. The minimum Gasteiger partial charge on any atom is -0.486 e. The molecule has 2 aliphatic rings. The zero-order valence-electron chi connectivity index (χ0n) is 20.0. The third kappa shape index (κ3) is 3.81. The lowest BCUT2D eigenvalue weighted by Crippen LogP contribution is -2.23. The number of anilines is 1. The highest BCUT2D eigenvalue weighted by atomic mass is 19.1. The molecule has 35 heavy (non-hydrogen) atoms. The molecule has 0 aromatic heterocycles. The van der Waals surface area contributed by atoms with Gasteiger partial charge >= 0.3 is 5.97 Å². The van der Waals surface area contributed by atoms with Crippen LogP contribution in [0.3, 0.4) is 0 Å². The molecule has 3 aromatic rings. The molecule has 6 nitrogen and oxygen atoms in total. The van der Waals surface area contributed by atoms with Gasteiger partial charge in [0, 0.05) is 25.2 Å². The van der Waals surface area contributed by atoms with Gasteiger partial charge in [0.1, 0.15) is 6.61 Å². The number of hydrogen-bond donors (Lipinski definition) is 2. The van der Waals surface area contributed by atoms with E-state index in [2.05, 4.69) is 5.32 Å². The Bertz CT molecular complexity index is 1370. The average molecular weight is 475 g/mol. The van der Waals surface area contributed by atoms with E-state index in [1.807, 2.05) is 44.2 Å². The van der Waals surface area contributed by atoms with Crippen LogP contribution in [0.5, 0.6) is 5.75 Å². The second kappa shape index (κ2) is 8.73. The molecule has 0 saturated carbocycles. The number of carboxylic acids is 1. The lowest BCUT2D eigenvalue weighted by Gasteiger charge is -2.26. The molecule has 0 saturated heterocycles. The number of nitrogens with zero attached hydrogens (tertiary/aromatic N) is 1. The number of fused-ring (bicyclic) bond motifs is 2. The lowest BCUT2D eigenvalue weighted by molar-refractivity contribution is -0.136. The van der Waals surface area contributed by atoms with Crippen molar-refractivity contribution in [3.8, 4) is 16.9 Å². The highest BCUT2D eigenvalue weighted by Crippen LogP contribution is 2.45. The van der Waals surface area contributed by atoms with E-state index in [4.69, 9.17) is 4.74 Å². The molecule has 0 spiro atoms. The van der Waals surface area contributed by atoms with E-state index in [0.717, 1.165) is 22.3 Å². The van der Waals surface area contributed by atoms with Crippen molar-refractivity contribution in [1.29, 1.82) is 0 Å². The molecule has 3 aromatic carbocycles. The first-order valence-corrected chi connectivity index (χ1v) is 11.7. The van der Waals surface area contributed by atoms with Crippen molar-refractivity contribution in [1.82, 2.24) is 4.90 Å². The predicted molar refractivity (Wildman–Crippen MR) is 131 cm³/mol. The Kier molecular flexibility index (Phi) is 5.71. The maximum atomic E-state index is 15.1. The maximum Gasteiger partial charge on any atom is 0.307 e. The van der Waals surface area contributed by atoms with Crippen molar-refractivity contribution in [3.05, 3.63) is 81.2 Å². The predicted octanol–water partition coefficient (Wildman–Crippen LogP) is 5.01. The summed E-state index contributed by atoms with van der Waals surface area (Å²) in [6, 6.07) is 11.2. The van der Waals surface area contributed by atoms with Crippen LogP contribution >= 0.6 is 0 Å². The summed E-state index contributed by atoms with van der Waals surface area (Å²) in [7, 11) is 0. The van der Waals surface area contributed by atoms with Crippen molar-refractivity contribution in [2.45, 2.75) is 40.3 Å². The zero-order valence-corrected chi connectivity index (χ0v) is 20.0. The number of rotatable bonds is 5. The molecule has 0 radical (unpaired) electrons. The van der Waals surface area contributed by atoms with Crippen molar-refractivity contribution in [3.63, 3.8) is 0 Å². The summed E-state index contributed by atoms with van der Waals surface area (Å²) in [6.45, 7) is 7.41. The maximum absolute atomic E-state index is 15.1. The second-order valence-corrected chi connectivity index (χ2v) is 9.18. The Hall–Kier alpha value is -3.87. The Labute approximate surface area is 203 Å². The Morgan fingerprint density at radius 3 is 2.57 bits per heavy atom. The summed E-state index contributed by atoms with van der Waals surface area (Å²) in [5.41, 5.74) is 7.14. The normalized spacial score (nSPS) is 14.3. The van der Waals surface area contributed by atoms with Gasteiger partial charge in [-0.15, -0.1) is 0 Å². The highest BCUT2D eigenvalue weighted by Gasteiger charge is 2.35. The summed E-state index contributed by atoms with van der Waals surface area (Å²) in [5.74, 6) is -1.41.